The normalized spacial score (nSPS) is 10.4. The third-order valence-electron chi connectivity index (χ3n) is 4.20. The lowest BCUT2D eigenvalue weighted by Gasteiger charge is -2.11. The Hall–Kier alpha value is -3.12. The van der Waals surface area contributed by atoms with Crippen LogP contribution in [-0.2, 0) is 4.74 Å². The summed E-state index contributed by atoms with van der Waals surface area (Å²) in [5.41, 5.74) is 3.49. The van der Waals surface area contributed by atoms with E-state index in [1.165, 1.54) is 18.4 Å². The van der Waals surface area contributed by atoms with Crippen molar-refractivity contribution in [3.63, 3.8) is 0 Å². The second kappa shape index (κ2) is 8.71. The van der Waals surface area contributed by atoms with E-state index < -0.39 is 5.97 Å². The maximum atomic E-state index is 12.8. The molecule has 1 amide bonds. The van der Waals surface area contributed by atoms with Crippen LogP contribution in [0.5, 0.6) is 5.75 Å². The highest BCUT2D eigenvalue weighted by Crippen LogP contribution is 2.36. The number of anilines is 1. The van der Waals surface area contributed by atoms with E-state index in [1.54, 1.807) is 18.2 Å². The van der Waals surface area contributed by atoms with Gasteiger partial charge in [-0.1, -0.05) is 42.0 Å². The van der Waals surface area contributed by atoms with Gasteiger partial charge in [0, 0.05) is 10.9 Å². The van der Waals surface area contributed by atoms with Gasteiger partial charge in [0.15, 0.2) is 0 Å². The van der Waals surface area contributed by atoms with Crippen LogP contribution in [0, 0.1) is 6.92 Å². The van der Waals surface area contributed by atoms with Crippen molar-refractivity contribution >= 4 is 28.2 Å². The van der Waals surface area contributed by atoms with Gasteiger partial charge >= 0.3 is 5.97 Å². The first-order valence-corrected chi connectivity index (χ1v) is 9.73. The van der Waals surface area contributed by atoms with Crippen LogP contribution in [0.1, 0.15) is 33.2 Å². The van der Waals surface area contributed by atoms with E-state index in [2.05, 4.69) is 5.32 Å². The standard InChI is InChI=1S/C22H21NO4S/c1-4-27-18-8-6-5-7-16(18)20(24)23-21-19(22(25)26-3)17(13-28-21)15-11-9-14(2)10-12-15/h5-13H,4H2,1-3H3,(H,23,24). The largest absolute Gasteiger partial charge is 0.493 e. The number of nitrogens with one attached hydrogen (secondary N) is 1. The van der Waals surface area contributed by atoms with Crippen LogP contribution in [0.2, 0.25) is 0 Å². The highest BCUT2D eigenvalue weighted by Gasteiger charge is 2.23. The quantitative estimate of drug-likeness (QED) is 0.586. The van der Waals surface area contributed by atoms with E-state index in [1.807, 2.05) is 49.6 Å². The van der Waals surface area contributed by atoms with Crippen LogP contribution >= 0.6 is 11.3 Å². The third kappa shape index (κ3) is 4.07. The molecule has 0 aliphatic carbocycles. The molecular weight excluding hydrogens is 374 g/mol. The summed E-state index contributed by atoms with van der Waals surface area (Å²) in [5, 5.41) is 5.13. The van der Waals surface area contributed by atoms with Gasteiger partial charge in [-0.3, -0.25) is 4.79 Å². The Kier molecular flexibility index (Phi) is 6.11. The first kappa shape index (κ1) is 19.6. The minimum atomic E-state index is -0.495. The topological polar surface area (TPSA) is 64.6 Å². The number of ether oxygens (including phenoxy) is 2. The first-order chi connectivity index (χ1) is 13.5. The molecule has 2 aromatic carbocycles. The van der Waals surface area contributed by atoms with Crippen LogP contribution in [0.4, 0.5) is 5.00 Å². The van der Waals surface area contributed by atoms with Gasteiger partial charge in [-0.2, -0.15) is 0 Å². The van der Waals surface area contributed by atoms with Gasteiger partial charge in [-0.15, -0.1) is 11.3 Å². The number of hydrogen-bond donors (Lipinski definition) is 1. The average Bonchev–Trinajstić information content (AvgIpc) is 3.12. The predicted octanol–water partition coefficient (Wildman–Crippen LogP) is 5.16. The summed E-state index contributed by atoms with van der Waals surface area (Å²) in [6.07, 6.45) is 0. The number of hydrogen-bond acceptors (Lipinski definition) is 5. The summed E-state index contributed by atoms with van der Waals surface area (Å²) in [4.78, 5) is 25.3. The summed E-state index contributed by atoms with van der Waals surface area (Å²) in [5.74, 6) is -0.339. The molecule has 0 atom stereocenters. The van der Waals surface area contributed by atoms with Gasteiger partial charge in [0.25, 0.3) is 5.91 Å². The molecule has 5 nitrogen and oxygen atoms in total. The van der Waals surface area contributed by atoms with Crippen molar-refractivity contribution in [1.29, 1.82) is 0 Å². The van der Waals surface area contributed by atoms with Crippen molar-refractivity contribution in [2.75, 3.05) is 19.0 Å². The number of carbonyl (C=O) groups is 2. The number of benzene rings is 2. The molecule has 1 heterocycles. The van der Waals surface area contributed by atoms with Crippen LogP contribution in [0.25, 0.3) is 11.1 Å². The lowest BCUT2D eigenvalue weighted by atomic mass is 10.0. The molecule has 28 heavy (non-hydrogen) atoms. The Morgan fingerprint density at radius 1 is 1.07 bits per heavy atom. The van der Waals surface area contributed by atoms with Gasteiger partial charge in [0.1, 0.15) is 16.3 Å². The molecule has 0 unspecified atom stereocenters. The second-order valence-corrected chi connectivity index (χ2v) is 6.97. The average molecular weight is 395 g/mol. The number of esters is 1. The molecular formula is C22H21NO4S. The fourth-order valence-corrected chi connectivity index (χ4v) is 3.76. The Morgan fingerprint density at radius 2 is 1.79 bits per heavy atom. The van der Waals surface area contributed by atoms with Crippen LogP contribution in [0.15, 0.2) is 53.9 Å². The van der Waals surface area contributed by atoms with Crippen LogP contribution in [0.3, 0.4) is 0 Å². The van der Waals surface area contributed by atoms with Crippen molar-refractivity contribution in [1.82, 2.24) is 0 Å². The zero-order valence-electron chi connectivity index (χ0n) is 15.9. The third-order valence-corrected chi connectivity index (χ3v) is 5.10. The molecule has 0 aliphatic heterocycles. The lowest BCUT2D eigenvalue weighted by Crippen LogP contribution is -2.15. The molecule has 1 N–H and O–H groups in total. The second-order valence-electron chi connectivity index (χ2n) is 6.09. The molecule has 0 aliphatic rings. The number of amides is 1. The summed E-state index contributed by atoms with van der Waals surface area (Å²) in [6.45, 7) is 4.31. The van der Waals surface area contributed by atoms with Gasteiger partial charge < -0.3 is 14.8 Å². The van der Waals surface area contributed by atoms with Crippen molar-refractivity contribution in [2.24, 2.45) is 0 Å². The number of rotatable bonds is 6. The number of aryl methyl sites for hydroxylation is 1. The highest BCUT2D eigenvalue weighted by molar-refractivity contribution is 7.15. The fourth-order valence-electron chi connectivity index (χ4n) is 2.81. The summed E-state index contributed by atoms with van der Waals surface area (Å²) >= 11 is 1.29. The van der Waals surface area contributed by atoms with Gasteiger partial charge in [0.05, 0.1) is 19.3 Å². The highest BCUT2D eigenvalue weighted by atomic mass is 32.1. The first-order valence-electron chi connectivity index (χ1n) is 8.85. The predicted molar refractivity (Wildman–Crippen MR) is 111 cm³/mol. The van der Waals surface area contributed by atoms with E-state index in [4.69, 9.17) is 9.47 Å². The van der Waals surface area contributed by atoms with E-state index in [-0.39, 0.29) is 5.91 Å². The van der Waals surface area contributed by atoms with E-state index in [0.29, 0.717) is 28.5 Å². The molecule has 0 saturated heterocycles. The number of thiophene rings is 1. The molecule has 0 saturated carbocycles. The van der Waals surface area contributed by atoms with E-state index in [0.717, 1.165) is 16.7 Å². The summed E-state index contributed by atoms with van der Waals surface area (Å²) in [7, 11) is 1.33. The fraction of sp³-hybridized carbons (Fsp3) is 0.182. The smallest absolute Gasteiger partial charge is 0.341 e. The molecule has 0 bridgehead atoms. The molecule has 6 heteroatoms. The monoisotopic (exact) mass is 395 g/mol. The molecule has 0 spiro atoms. The number of carbonyl (C=O) groups excluding carboxylic acids is 2. The van der Waals surface area contributed by atoms with Gasteiger partial charge in [-0.25, -0.2) is 4.79 Å². The van der Waals surface area contributed by atoms with Gasteiger partial charge in [0.2, 0.25) is 0 Å². The number of para-hydroxylation sites is 1. The summed E-state index contributed by atoms with van der Waals surface area (Å²) in [6, 6.07) is 14.8. The zero-order valence-corrected chi connectivity index (χ0v) is 16.8. The van der Waals surface area contributed by atoms with Crippen molar-refractivity contribution in [2.45, 2.75) is 13.8 Å². The lowest BCUT2D eigenvalue weighted by molar-refractivity contribution is 0.0603. The molecule has 0 radical (unpaired) electrons. The SMILES string of the molecule is CCOc1ccccc1C(=O)Nc1scc(-c2ccc(C)cc2)c1C(=O)OC. The zero-order chi connectivity index (χ0) is 20.1. The maximum Gasteiger partial charge on any atom is 0.341 e. The number of methoxy groups -OCH3 is 1. The molecule has 1 aromatic heterocycles. The van der Waals surface area contributed by atoms with Crippen molar-refractivity contribution in [3.8, 4) is 16.9 Å². The Morgan fingerprint density at radius 3 is 2.46 bits per heavy atom. The molecule has 3 rings (SSSR count). The molecule has 0 fully saturated rings. The van der Waals surface area contributed by atoms with Gasteiger partial charge in [-0.05, 0) is 31.5 Å². The Labute approximate surface area is 167 Å². The Bertz CT molecular complexity index is 992. The van der Waals surface area contributed by atoms with E-state index >= 15 is 0 Å². The summed E-state index contributed by atoms with van der Waals surface area (Å²) < 4.78 is 10.5. The Balaban J connectivity index is 1.97. The molecule has 3 aromatic rings. The van der Waals surface area contributed by atoms with Crippen LogP contribution in [-0.4, -0.2) is 25.6 Å². The van der Waals surface area contributed by atoms with Crippen LogP contribution < -0.4 is 10.1 Å². The minimum absolute atomic E-state index is 0.341. The maximum absolute atomic E-state index is 12.8. The van der Waals surface area contributed by atoms with E-state index in [9.17, 15) is 9.59 Å². The van der Waals surface area contributed by atoms with Crippen molar-refractivity contribution < 1.29 is 19.1 Å². The molecule has 144 valence electrons. The van der Waals surface area contributed by atoms with Crippen molar-refractivity contribution in [3.05, 3.63) is 70.6 Å². The minimum Gasteiger partial charge on any atom is -0.493 e.